The summed E-state index contributed by atoms with van der Waals surface area (Å²) in [6.07, 6.45) is 1.04. The Labute approximate surface area is 168 Å². The highest BCUT2D eigenvalue weighted by molar-refractivity contribution is 7.91. The molecule has 0 spiro atoms. The van der Waals surface area contributed by atoms with Crippen molar-refractivity contribution >= 4 is 39.0 Å². The van der Waals surface area contributed by atoms with Gasteiger partial charge in [-0.3, -0.25) is 9.59 Å². The minimum Gasteiger partial charge on any atom is -0.449 e. The summed E-state index contributed by atoms with van der Waals surface area (Å²) in [5.74, 6) is -1.36. The molecular formula is C19H23N3O6S. The van der Waals surface area contributed by atoms with Gasteiger partial charge in [-0.25, -0.2) is 13.2 Å². The van der Waals surface area contributed by atoms with Gasteiger partial charge in [0.1, 0.15) is 6.04 Å². The van der Waals surface area contributed by atoms with Gasteiger partial charge in [-0.1, -0.05) is 0 Å². The quantitative estimate of drug-likeness (QED) is 0.677. The predicted octanol–water partition coefficient (Wildman–Crippen LogP) is 0.456. The van der Waals surface area contributed by atoms with Crippen molar-refractivity contribution in [1.29, 1.82) is 0 Å². The average molecular weight is 421 g/mol. The Morgan fingerprint density at radius 2 is 2.10 bits per heavy atom. The average Bonchev–Trinajstić information content (AvgIpc) is 3.28. The summed E-state index contributed by atoms with van der Waals surface area (Å²) in [7, 11) is -3.11. The highest BCUT2D eigenvalue weighted by Crippen LogP contribution is 2.37. The lowest BCUT2D eigenvalue weighted by molar-refractivity contribution is -0.129. The number of benzene rings is 1. The molecule has 3 aliphatic rings. The van der Waals surface area contributed by atoms with Gasteiger partial charge < -0.3 is 20.3 Å². The van der Waals surface area contributed by atoms with Crippen LogP contribution in [0.4, 0.5) is 11.4 Å². The van der Waals surface area contributed by atoms with E-state index in [1.807, 2.05) is 4.90 Å². The Bertz CT molecular complexity index is 976. The molecule has 10 heteroatoms. The highest BCUT2D eigenvalue weighted by Gasteiger charge is 2.36. The Kier molecular flexibility index (Phi) is 4.97. The van der Waals surface area contributed by atoms with Gasteiger partial charge in [-0.2, -0.15) is 0 Å². The number of rotatable bonds is 4. The SMILES string of the molecule is C[C@@H](OC(=O)c1ccc2c(c1)NC(=O)[C@H]1CCCN21)C(=O)N[C@H]1CCS(=O)(=O)C1. The normalized spacial score (nSPS) is 25.6. The molecule has 9 nitrogen and oxygen atoms in total. The van der Waals surface area contributed by atoms with Gasteiger partial charge in [0.05, 0.1) is 28.4 Å². The third kappa shape index (κ3) is 3.93. The van der Waals surface area contributed by atoms with E-state index in [9.17, 15) is 22.8 Å². The van der Waals surface area contributed by atoms with Crippen LogP contribution >= 0.6 is 0 Å². The maximum Gasteiger partial charge on any atom is 0.338 e. The van der Waals surface area contributed by atoms with Crippen molar-refractivity contribution in [3.8, 4) is 0 Å². The molecule has 156 valence electrons. The minimum atomic E-state index is -3.11. The molecular weight excluding hydrogens is 398 g/mol. The first-order valence-electron chi connectivity index (χ1n) is 9.67. The summed E-state index contributed by atoms with van der Waals surface area (Å²) >= 11 is 0. The zero-order valence-corrected chi connectivity index (χ0v) is 16.8. The van der Waals surface area contributed by atoms with Crippen molar-refractivity contribution in [1.82, 2.24) is 5.32 Å². The molecule has 4 rings (SSSR count). The zero-order chi connectivity index (χ0) is 20.8. The maximum absolute atomic E-state index is 12.5. The van der Waals surface area contributed by atoms with Crippen molar-refractivity contribution in [3.05, 3.63) is 23.8 Å². The molecule has 29 heavy (non-hydrogen) atoms. The second-order valence-electron chi connectivity index (χ2n) is 7.73. The Morgan fingerprint density at radius 3 is 2.83 bits per heavy atom. The van der Waals surface area contributed by atoms with Gasteiger partial charge in [0.15, 0.2) is 15.9 Å². The fraction of sp³-hybridized carbons (Fsp3) is 0.526. The van der Waals surface area contributed by atoms with E-state index in [0.29, 0.717) is 12.1 Å². The van der Waals surface area contributed by atoms with Crippen LogP contribution in [0.1, 0.15) is 36.5 Å². The van der Waals surface area contributed by atoms with Crippen molar-refractivity contribution < 1.29 is 27.5 Å². The van der Waals surface area contributed by atoms with E-state index in [1.54, 1.807) is 18.2 Å². The summed E-state index contributed by atoms with van der Waals surface area (Å²) in [6.45, 7) is 2.23. The summed E-state index contributed by atoms with van der Waals surface area (Å²) in [4.78, 5) is 39.0. The number of esters is 1. The number of ether oxygens (including phenoxy) is 1. The summed E-state index contributed by atoms with van der Waals surface area (Å²) in [5, 5.41) is 5.45. The molecule has 3 aliphatic heterocycles. The van der Waals surface area contributed by atoms with Crippen molar-refractivity contribution in [2.75, 3.05) is 28.3 Å². The monoisotopic (exact) mass is 421 g/mol. The van der Waals surface area contributed by atoms with E-state index in [2.05, 4.69) is 10.6 Å². The molecule has 2 fully saturated rings. The molecule has 0 aliphatic carbocycles. The van der Waals surface area contributed by atoms with E-state index in [4.69, 9.17) is 4.74 Å². The lowest BCUT2D eigenvalue weighted by Gasteiger charge is -2.33. The van der Waals surface area contributed by atoms with Crippen molar-refractivity contribution in [2.45, 2.75) is 44.4 Å². The van der Waals surface area contributed by atoms with Gasteiger partial charge >= 0.3 is 5.97 Å². The van der Waals surface area contributed by atoms with Crippen LogP contribution in [-0.2, 0) is 24.2 Å². The summed E-state index contributed by atoms with van der Waals surface area (Å²) < 4.78 is 28.2. The Morgan fingerprint density at radius 1 is 1.31 bits per heavy atom. The third-order valence-electron chi connectivity index (χ3n) is 5.59. The van der Waals surface area contributed by atoms with Crippen LogP contribution in [-0.4, -0.2) is 62.4 Å². The largest absolute Gasteiger partial charge is 0.449 e. The molecule has 1 aromatic carbocycles. The van der Waals surface area contributed by atoms with Crippen LogP contribution in [0.3, 0.4) is 0 Å². The van der Waals surface area contributed by atoms with E-state index >= 15 is 0 Å². The lowest BCUT2D eigenvalue weighted by Crippen LogP contribution is -2.44. The van der Waals surface area contributed by atoms with Crippen LogP contribution in [0.5, 0.6) is 0 Å². The molecule has 2 amide bonds. The molecule has 0 unspecified atom stereocenters. The van der Waals surface area contributed by atoms with Crippen LogP contribution < -0.4 is 15.5 Å². The van der Waals surface area contributed by atoms with E-state index in [1.165, 1.54) is 6.92 Å². The van der Waals surface area contributed by atoms with E-state index < -0.39 is 33.9 Å². The summed E-state index contributed by atoms with van der Waals surface area (Å²) in [5.41, 5.74) is 1.65. The third-order valence-corrected chi connectivity index (χ3v) is 7.35. The molecule has 0 saturated carbocycles. The number of nitrogens with zero attached hydrogens (tertiary/aromatic N) is 1. The van der Waals surface area contributed by atoms with Crippen molar-refractivity contribution in [2.24, 2.45) is 0 Å². The number of hydrogen-bond donors (Lipinski definition) is 2. The standard InChI is InChI=1S/C19H23N3O6S/c1-11(17(23)20-13-6-8-29(26,27)10-13)28-19(25)12-4-5-15-14(9-12)21-18(24)16-3-2-7-22(15)16/h4-5,9,11,13,16H,2-3,6-8,10H2,1H3,(H,20,23)(H,21,24)/t11-,13+,16-/m1/s1. The molecule has 3 heterocycles. The van der Waals surface area contributed by atoms with Crippen LogP contribution in [0.15, 0.2) is 18.2 Å². The first kappa shape index (κ1) is 19.7. The number of carbonyl (C=O) groups is 3. The molecule has 1 aromatic rings. The molecule has 2 N–H and O–H groups in total. The smallest absolute Gasteiger partial charge is 0.338 e. The number of hydrogen-bond acceptors (Lipinski definition) is 7. The molecule has 0 aromatic heterocycles. The maximum atomic E-state index is 12.5. The van der Waals surface area contributed by atoms with Gasteiger partial charge in [0, 0.05) is 12.6 Å². The van der Waals surface area contributed by atoms with Gasteiger partial charge in [-0.15, -0.1) is 0 Å². The number of carbonyl (C=O) groups excluding carboxylic acids is 3. The van der Waals surface area contributed by atoms with Gasteiger partial charge in [0.25, 0.3) is 5.91 Å². The molecule has 0 bridgehead atoms. The van der Waals surface area contributed by atoms with Crippen LogP contribution in [0.2, 0.25) is 0 Å². The molecule has 0 radical (unpaired) electrons. The first-order valence-corrected chi connectivity index (χ1v) is 11.5. The summed E-state index contributed by atoms with van der Waals surface area (Å²) in [6, 6.07) is 4.32. The van der Waals surface area contributed by atoms with Crippen molar-refractivity contribution in [3.63, 3.8) is 0 Å². The minimum absolute atomic E-state index is 0.0465. The van der Waals surface area contributed by atoms with Gasteiger partial charge in [0.2, 0.25) is 5.91 Å². The second-order valence-corrected chi connectivity index (χ2v) is 9.96. The van der Waals surface area contributed by atoms with Crippen LogP contribution in [0, 0.1) is 0 Å². The second kappa shape index (κ2) is 7.33. The molecule has 2 saturated heterocycles. The molecule has 3 atom stereocenters. The topological polar surface area (TPSA) is 122 Å². The number of amides is 2. The highest BCUT2D eigenvalue weighted by atomic mass is 32.2. The first-order chi connectivity index (χ1) is 13.7. The van der Waals surface area contributed by atoms with E-state index in [0.717, 1.165) is 25.1 Å². The lowest BCUT2D eigenvalue weighted by atomic mass is 10.1. The zero-order valence-electron chi connectivity index (χ0n) is 16.0. The fourth-order valence-corrected chi connectivity index (χ4v) is 5.74. The fourth-order valence-electron chi connectivity index (χ4n) is 4.07. The van der Waals surface area contributed by atoms with Crippen LogP contribution in [0.25, 0.3) is 0 Å². The number of nitrogens with one attached hydrogen (secondary N) is 2. The number of anilines is 2. The Balaban J connectivity index is 1.40. The predicted molar refractivity (Wildman–Crippen MR) is 106 cm³/mol. The van der Waals surface area contributed by atoms with Gasteiger partial charge in [-0.05, 0) is 44.4 Å². The van der Waals surface area contributed by atoms with E-state index in [-0.39, 0.29) is 29.0 Å². The number of sulfone groups is 1. The Hall–Kier alpha value is -2.62. The number of fused-ring (bicyclic) bond motifs is 3.